The van der Waals surface area contributed by atoms with Gasteiger partial charge in [-0.3, -0.25) is 4.79 Å². The van der Waals surface area contributed by atoms with Crippen LogP contribution in [0.15, 0.2) is 18.2 Å². The van der Waals surface area contributed by atoms with Gasteiger partial charge < -0.3 is 19.1 Å². The zero-order valence-corrected chi connectivity index (χ0v) is 11.1. The largest absolute Gasteiger partial charge is 0.493 e. The van der Waals surface area contributed by atoms with E-state index in [1.54, 1.807) is 32.4 Å². The Morgan fingerprint density at radius 1 is 1.32 bits per heavy atom. The van der Waals surface area contributed by atoms with Crippen LogP contribution < -0.4 is 9.47 Å². The summed E-state index contributed by atoms with van der Waals surface area (Å²) in [4.78, 5) is 14.4. The van der Waals surface area contributed by atoms with Crippen molar-refractivity contribution >= 4 is 5.91 Å². The van der Waals surface area contributed by atoms with Crippen LogP contribution >= 0.6 is 0 Å². The normalized spacial score (nSPS) is 24.6. The summed E-state index contributed by atoms with van der Waals surface area (Å²) >= 11 is 0. The predicted octanol–water partition coefficient (Wildman–Crippen LogP) is 1.32. The third-order valence-corrected chi connectivity index (χ3v) is 3.79. The van der Waals surface area contributed by atoms with Gasteiger partial charge in [0.05, 0.1) is 33.0 Å². The van der Waals surface area contributed by atoms with Gasteiger partial charge in [0.15, 0.2) is 11.5 Å². The number of likely N-dealkylation sites (tertiary alicyclic amines) is 1. The SMILES string of the molecule is COc1ccc(C(=O)N2C[C@H]3C[C@H]2CO3)cc1OC. The molecular formula is C14H17NO4. The number of hydrogen-bond donors (Lipinski definition) is 0. The highest BCUT2D eigenvalue weighted by Crippen LogP contribution is 2.32. The van der Waals surface area contributed by atoms with Crippen LogP contribution in [0.25, 0.3) is 0 Å². The van der Waals surface area contributed by atoms with Crippen molar-refractivity contribution in [2.75, 3.05) is 27.4 Å². The number of rotatable bonds is 3. The number of ether oxygens (including phenoxy) is 3. The Hall–Kier alpha value is -1.75. The van der Waals surface area contributed by atoms with Gasteiger partial charge in [0.25, 0.3) is 5.91 Å². The van der Waals surface area contributed by atoms with E-state index in [1.807, 2.05) is 4.90 Å². The van der Waals surface area contributed by atoms with Crippen molar-refractivity contribution in [3.8, 4) is 11.5 Å². The second-order valence-corrected chi connectivity index (χ2v) is 4.87. The van der Waals surface area contributed by atoms with Gasteiger partial charge in [-0.05, 0) is 24.6 Å². The summed E-state index contributed by atoms with van der Waals surface area (Å²) in [5, 5.41) is 0. The molecule has 19 heavy (non-hydrogen) atoms. The van der Waals surface area contributed by atoms with E-state index in [0.717, 1.165) is 6.42 Å². The Morgan fingerprint density at radius 2 is 2.11 bits per heavy atom. The molecule has 1 aromatic carbocycles. The molecule has 0 aromatic heterocycles. The predicted molar refractivity (Wildman–Crippen MR) is 68.7 cm³/mol. The lowest BCUT2D eigenvalue weighted by molar-refractivity contribution is 0.0259. The average Bonchev–Trinajstić information content (AvgIpc) is 3.08. The summed E-state index contributed by atoms with van der Waals surface area (Å²) in [6.45, 7) is 1.35. The highest BCUT2D eigenvalue weighted by molar-refractivity contribution is 5.95. The monoisotopic (exact) mass is 263 g/mol. The molecule has 2 aliphatic rings. The second kappa shape index (κ2) is 4.74. The van der Waals surface area contributed by atoms with Crippen LogP contribution in [0.5, 0.6) is 11.5 Å². The Bertz CT molecular complexity index is 502. The summed E-state index contributed by atoms with van der Waals surface area (Å²) in [5.41, 5.74) is 0.630. The van der Waals surface area contributed by atoms with E-state index in [2.05, 4.69) is 0 Å². The maximum atomic E-state index is 12.5. The fraction of sp³-hybridized carbons (Fsp3) is 0.500. The zero-order chi connectivity index (χ0) is 13.4. The van der Waals surface area contributed by atoms with Crippen LogP contribution in [0, 0.1) is 0 Å². The van der Waals surface area contributed by atoms with Crippen LogP contribution in [0.1, 0.15) is 16.8 Å². The number of amides is 1. The fourth-order valence-electron chi connectivity index (χ4n) is 2.78. The number of fused-ring (bicyclic) bond motifs is 2. The molecule has 5 heteroatoms. The lowest BCUT2D eigenvalue weighted by Gasteiger charge is -2.27. The minimum absolute atomic E-state index is 0.0387. The van der Waals surface area contributed by atoms with Crippen LogP contribution in [0.3, 0.4) is 0 Å². The Balaban J connectivity index is 1.84. The van der Waals surface area contributed by atoms with Crippen molar-refractivity contribution in [2.45, 2.75) is 18.6 Å². The first-order valence-electron chi connectivity index (χ1n) is 6.37. The van der Waals surface area contributed by atoms with E-state index in [0.29, 0.717) is 30.2 Å². The number of benzene rings is 1. The summed E-state index contributed by atoms with van der Waals surface area (Å²) in [7, 11) is 3.15. The number of morpholine rings is 1. The molecule has 5 nitrogen and oxygen atoms in total. The quantitative estimate of drug-likeness (QED) is 0.825. The van der Waals surface area contributed by atoms with Gasteiger partial charge in [0.2, 0.25) is 0 Å². The van der Waals surface area contributed by atoms with Gasteiger partial charge in [-0.1, -0.05) is 0 Å². The number of nitrogens with zero attached hydrogens (tertiary/aromatic N) is 1. The van der Waals surface area contributed by atoms with Gasteiger partial charge in [-0.15, -0.1) is 0 Å². The Labute approximate surface area is 112 Å². The molecule has 0 saturated carbocycles. The Morgan fingerprint density at radius 3 is 2.68 bits per heavy atom. The molecule has 2 atom stereocenters. The molecule has 102 valence electrons. The molecular weight excluding hydrogens is 246 g/mol. The number of methoxy groups -OCH3 is 2. The summed E-state index contributed by atoms with van der Waals surface area (Å²) in [6, 6.07) is 5.49. The highest BCUT2D eigenvalue weighted by atomic mass is 16.5. The number of carbonyl (C=O) groups is 1. The first-order valence-corrected chi connectivity index (χ1v) is 6.37. The van der Waals surface area contributed by atoms with Crippen molar-refractivity contribution in [3.05, 3.63) is 23.8 Å². The minimum atomic E-state index is 0.0387. The van der Waals surface area contributed by atoms with Gasteiger partial charge in [0.1, 0.15) is 0 Å². The first kappa shape index (κ1) is 12.3. The third kappa shape index (κ3) is 2.04. The maximum absolute atomic E-state index is 12.5. The lowest BCUT2D eigenvalue weighted by atomic mass is 10.1. The molecule has 2 saturated heterocycles. The van der Waals surface area contributed by atoms with Gasteiger partial charge in [-0.25, -0.2) is 0 Å². The van der Waals surface area contributed by atoms with Gasteiger partial charge in [-0.2, -0.15) is 0 Å². The zero-order valence-electron chi connectivity index (χ0n) is 11.1. The fourth-order valence-corrected chi connectivity index (χ4v) is 2.78. The minimum Gasteiger partial charge on any atom is -0.493 e. The summed E-state index contributed by atoms with van der Waals surface area (Å²) in [5.74, 6) is 1.25. The maximum Gasteiger partial charge on any atom is 0.254 e. The van der Waals surface area contributed by atoms with E-state index < -0.39 is 0 Å². The van der Waals surface area contributed by atoms with Crippen molar-refractivity contribution in [3.63, 3.8) is 0 Å². The molecule has 1 aromatic rings. The molecule has 0 unspecified atom stereocenters. The molecule has 0 N–H and O–H groups in total. The molecule has 2 heterocycles. The topological polar surface area (TPSA) is 48.0 Å². The van der Waals surface area contributed by atoms with Crippen molar-refractivity contribution in [1.29, 1.82) is 0 Å². The van der Waals surface area contributed by atoms with E-state index in [-0.39, 0.29) is 18.1 Å². The van der Waals surface area contributed by atoms with E-state index in [9.17, 15) is 4.79 Å². The highest BCUT2D eigenvalue weighted by Gasteiger charge is 2.41. The molecule has 3 rings (SSSR count). The van der Waals surface area contributed by atoms with Crippen molar-refractivity contribution in [1.82, 2.24) is 4.90 Å². The smallest absolute Gasteiger partial charge is 0.254 e. The number of carbonyl (C=O) groups excluding carboxylic acids is 1. The van der Waals surface area contributed by atoms with Crippen LogP contribution in [-0.4, -0.2) is 50.3 Å². The van der Waals surface area contributed by atoms with Crippen molar-refractivity contribution in [2.24, 2.45) is 0 Å². The molecule has 0 radical (unpaired) electrons. The second-order valence-electron chi connectivity index (χ2n) is 4.87. The van der Waals surface area contributed by atoms with Crippen molar-refractivity contribution < 1.29 is 19.0 Å². The van der Waals surface area contributed by atoms with Crippen LogP contribution in [-0.2, 0) is 4.74 Å². The standard InChI is InChI=1S/C14H17NO4/c1-17-12-4-3-9(5-13(12)18-2)14(16)15-7-11-6-10(15)8-19-11/h3-5,10-11H,6-8H2,1-2H3/t10-,11+/m0/s1. The molecule has 0 aliphatic carbocycles. The van der Waals surface area contributed by atoms with Gasteiger partial charge in [0, 0.05) is 12.1 Å². The lowest BCUT2D eigenvalue weighted by Crippen LogP contribution is -2.41. The number of hydrogen-bond acceptors (Lipinski definition) is 4. The molecule has 2 bridgehead atoms. The van der Waals surface area contributed by atoms with E-state index in [1.165, 1.54) is 0 Å². The first-order chi connectivity index (χ1) is 9.22. The van der Waals surface area contributed by atoms with E-state index in [4.69, 9.17) is 14.2 Å². The Kier molecular flexibility index (Phi) is 3.06. The van der Waals surface area contributed by atoms with E-state index >= 15 is 0 Å². The average molecular weight is 263 g/mol. The van der Waals surface area contributed by atoms with Crippen LogP contribution in [0.4, 0.5) is 0 Å². The van der Waals surface area contributed by atoms with Gasteiger partial charge >= 0.3 is 0 Å². The molecule has 1 amide bonds. The summed E-state index contributed by atoms with van der Waals surface area (Å²) in [6.07, 6.45) is 1.17. The third-order valence-electron chi connectivity index (χ3n) is 3.79. The van der Waals surface area contributed by atoms with Crippen LogP contribution in [0.2, 0.25) is 0 Å². The molecule has 2 fully saturated rings. The molecule has 0 spiro atoms. The summed E-state index contributed by atoms with van der Waals surface area (Å²) < 4.78 is 15.9. The molecule has 2 aliphatic heterocycles.